The van der Waals surface area contributed by atoms with Gasteiger partial charge in [0.25, 0.3) is 0 Å². The Morgan fingerprint density at radius 1 is 0.667 bits per heavy atom. The number of rotatable bonds is 6. The number of allylic oxidation sites excluding steroid dienone is 3. The molecule has 1 atom stereocenters. The molecule has 206 valence electrons. The van der Waals surface area contributed by atoms with Crippen LogP contribution in [0.2, 0.25) is 0 Å². The van der Waals surface area contributed by atoms with Gasteiger partial charge in [0, 0.05) is 0 Å². The Morgan fingerprint density at radius 3 is 1.69 bits per heavy atom. The fourth-order valence-electron chi connectivity index (χ4n) is 6.42. The summed E-state index contributed by atoms with van der Waals surface area (Å²) in [6.45, 7) is 28.2. The highest BCUT2D eigenvalue weighted by atomic mass is 28.3. The Balaban J connectivity index is 2.26. The summed E-state index contributed by atoms with van der Waals surface area (Å²) in [6, 6.07) is 21.5. The fraction of sp³-hybridized carbons (Fsp3) is 0.421. The number of benzene rings is 3. The first-order valence-corrected chi connectivity index (χ1v) is 17.0. The van der Waals surface area contributed by atoms with Gasteiger partial charge in [-0.1, -0.05) is 129 Å². The SMILES string of the molecule is Cc1cc(C)c(C2=C/C(=C\C(C)(C)C)[Si]2(c2ccccc2)c2c(C(C)C)cc(C(C)C)cc2C(C)C)cc1C. The molecule has 0 fully saturated rings. The van der Waals surface area contributed by atoms with Crippen LogP contribution in [0, 0.1) is 26.2 Å². The lowest BCUT2D eigenvalue weighted by Gasteiger charge is -2.48. The van der Waals surface area contributed by atoms with Crippen LogP contribution in [0.3, 0.4) is 0 Å². The van der Waals surface area contributed by atoms with Crippen LogP contribution >= 0.6 is 0 Å². The maximum Gasteiger partial charge on any atom is 0.180 e. The van der Waals surface area contributed by atoms with Crippen LogP contribution < -0.4 is 10.4 Å². The summed E-state index contributed by atoms with van der Waals surface area (Å²) in [7, 11) is -2.53. The van der Waals surface area contributed by atoms with Crippen molar-refractivity contribution in [3.8, 4) is 0 Å². The first kappa shape index (κ1) is 29.3. The molecule has 1 heteroatoms. The third-order valence-electron chi connectivity index (χ3n) is 8.57. The Labute approximate surface area is 240 Å². The van der Waals surface area contributed by atoms with Crippen molar-refractivity contribution in [1.82, 2.24) is 0 Å². The first-order chi connectivity index (χ1) is 18.2. The zero-order valence-electron chi connectivity index (χ0n) is 26.6. The normalized spacial score (nSPS) is 18.7. The van der Waals surface area contributed by atoms with Crippen LogP contribution in [0.4, 0.5) is 0 Å². The molecular weight excluding hydrogens is 485 g/mol. The maximum absolute atomic E-state index is 2.59. The minimum absolute atomic E-state index is 0.0937. The maximum atomic E-state index is 2.59. The molecule has 0 spiro atoms. The zero-order chi connectivity index (χ0) is 28.9. The van der Waals surface area contributed by atoms with Gasteiger partial charge in [0.05, 0.1) is 0 Å². The highest BCUT2D eigenvalue weighted by Gasteiger charge is 2.53. The van der Waals surface area contributed by atoms with Gasteiger partial charge >= 0.3 is 0 Å². The smallest absolute Gasteiger partial charge is 0.0788 e. The average molecular weight is 535 g/mol. The molecule has 1 aliphatic rings. The highest BCUT2D eigenvalue weighted by Crippen LogP contribution is 2.47. The third-order valence-corrected chi connectivity index (χ3v) is 13.5. The van der Waals surface area contributed by atoms with Gasteiger partial charge in [-0.2, -0.15) is 0 Å². The third kappa shape index (κ3) is 5.28. The molecule has 0 saturated heterocycles. The van der Waals surface area contributed by atoms with Crippen molar-refractivity contribution >= 4 is 23.6 Å². The van der Waals surface area contributed by atoms with E-state index >= 15 is 0 Å². The molecule has 0 saturated carbocycles. The van der Waals surface area contributed by atoms with Crippen LogP contribution in [0.25, 0.3) is 5.20 Å². The van der Waals surface area contributed by atoms with Gasteiger partial charge in [0.15, 0.2) is 8.07 Å². The van der Waals surface area contributed by atoms with Crippen LogP contribution in [0.5, 0.6) is 0 Å². The molecule has 4 rings (SSSR count). The second-order valence-electron chi connectivity index (χ2n) is 13.9. The van der Waals surface area contributed by atoms with Gasteiger partial charge < -0.3 is 0 Å². The number of aryl methyl sites for hydroxylation is 3. The summed E-state index contributed by atoms with van der Waals surface area (Å²) < 4.78 is 0. The minimum Gasteiger partial charge on any atom is -0.0788 e. The van der Waals surface area contributed by atoms with E-state index in [-0.39, 0.29) is 5.41 Å². The van der Waals surface area contributed by atoms with E-state index in [1.165, 1.54) is 33.0 Å². The quantitative estimate of drug-likeness (QED) is 0.276. The Morgan fingerprint density at radius 2 is 1.21 bits per heavy atom. The monoisotopic (exact) mass is 534 g/mol. The molecule has 0 amide bonds. The van der Waals surface area contributed by atoms with Gasteiger partial charge in [0.1, 0.15) is 0 Å². The molecule has 0 aromatic heterocycles. The molecule has 0 nitrogen and oxygen atoms in total. The molecule has 1 unspecified atom stereocenters. The highest BCUT2D eigenvalue weighted by molar-refractivity contribution is 7.23. The number of hydrogen-bond donors (Lipinski definition) is 0. The molecule has 1 heterocycles. The van der Waals surface area contributed by atoms with E-state index in [4.69, 9.17) is 0 Å². The van der Waals surface area contributed by atoms with Gasteiger partial charge in [0.2, 0.25) is 0 Å². The Kier molecular flexibility index (Phi) is 8.08. The predicted molar refractivity (Wildman–Crippen MR) is 176 cm³/mol. The van der Waals surface area contributed by atoms with Crippen molar-refractivity contribution in [1.29, 1.82) is 0 Å². The van der Waals surface area contributed by atoms with Crippen LogP contribution in [0.15, 0.2) is 71.9 Å². The molecule has 0 aliphatic carbocycles. The summed E-state index contributed by atoms with van der Waals surface area (Å²) in [4.78, 5) is 0. The van der Waals surface area contributed by atoms with Crippen molar-refractivity contribution in [2.45, 2.75) is 101 Å². The molecule has 0 N–H and O–H groups in total. The second-order valence-corrected chi connectivity index (χ2v) is 17.6. The van der Waals surface area contributed by atoms with Crippen molar-refractivity contribution in [2.75, 3.05) is 0 Å². The van der Waals surface area contributed by atoms with E-state index in [1.54, 1.807) is 26.7 Å². The molecule has 3 aromatic rings. The van der Waals surface area contributed by atoms with Gasteiger partial charge in [-0.15, -0.1) is 0 Å². The van der Waals surface area contributed by atoms with Crippen molar-refractivity contribution in [3.05, 3.63) is 111 Å². The van der Waals surface area contributed by atoms with E-state index < -0.39 is 8.07 Å². The summed E-state index contributed by atoms with van der Waals surface area (Å²) in [6.07, 6.45) is 5.16. The molecule has 39 heavy (non-hydrogen) atoms. The zero-order valence-corrected chi connectivity index (χ0v) is 27.6. The van der Waals surface area contributed by atoms with Crippen LogP contribution in [-0.2, 0) is 0 Å². The van der Waals surface area contributed by atoms with Gasteiger partial charge in [-0.05, 0) is 104 Å². The van der Waals surface area contributed by atoms with E-state index in [0.717, 1.165) is 0 Å². The van der Waals surface area contributed by atoms with Crippen LogP contribution in [-0.4, -0.2) is 8.07 Å². The fourth-order valence-corrected chi connectivity index (χ4v) is 12.3. The lowest BCUT2D eigenvalue weighted by Crippen LogP contribution is -2.67. The Bertz CT molecular complexity index is 1390. The minimum atomic E-state index is -2.53. The van der Waals surface area contributed by atoms with E-state index in [9.17, 15) is 0 Å². The van der Waals surface area contributed by atoms with Crippen LogP contribution in [0.1, 0.15) is 119 Å². The van der Waals surface area contributed by atoms with Gasteiger partial charge in [-0.25, -0.2) is 0 Å². The summed E-state index contributed by atoms with van der Waals surface area (Å²) in [5.74, 6) is 1.40. The molecule has 0 bridgehead atoms. The summed E-state index contributed by atoms with van der Waals surface area (Å²) >= 11 is 0. The molecule has 3 aromatic carbocycles. The van der Waals surface area contributed by atoms with Crippen molar-refractivity contribution < 1.29 is 0 Å². The van der Waals surface area contributed by atoms with E-state index in [0.29, 0.717) is 17.8 Å². The lowest BCUT2D eigenvalue weighted by molar-refractivity contribution is 0.543. The summed E-state index contributed by atoms with van der Waals surface area (Å²) in [5.41, 5.74) is 10.2. The lowest BCUT2D eigenvalue weighted by atomic mass is 9.89. The number of hydrogen-bond acceptors (Lipinski definition) is 0. The topological polar surface area (TPSA) is 0 Å². The second kappa shape index (κ2) is 10.7. The standard InChI is InChI=1S/C38H50Si/c1-24(2)30-20-33(25(3)4)37(34(21-30)26(5)6)39(31-16-14-13-15-17-31)32(23-38(10,11)12)22-36(39)35-19-28(8)27(7)18-29(35)9/h13-26H,1-12H3/b32-23+. The van der Waals surface area contributed by atoms with Gasteiger partial charge in [-0.3, -0.25) is 0 Å². The predicted octanol–water partition coefficient (Wildman–Crippen LogP) is 9.69. The van der Waals surface area contributed by atoms with Crippen molar-refractivity contribution in [3.63, 3.8) is 0 Å². The average Bonchev–Trinajstić information content (AvgIpc) is 2.84. The largest absolute Gasteiger partial charge is 0.180 e. The Hall–Kier alpha value is -2.64. The van der Waals surface area contributed by atoms with Crippen molar-refractivity contribution in [2.24, 2.45) is 5.41 Å². The van der Waals surface area contributed by atoms with E-state index in [2.05, 4.69) is 150 Å². The first-order valence-electron chi connectivity index (χ1n) is 15.0. The molecular formula is C38H50Si. The summed E-state index contributed by atoms with van der Waals surface area (Å²) in [5, 5.41) is 6.30. The molecule has 1 aliphatic heterocycles. The van der Waals surface area contributed by atoms with E-state index in [1.807, 2.05) is 0 Å². The molecule has 0 radical (unpaired) electrons.